The van der Waals surface area contributed by atoms with E-state index in [1.165, 1.54) is 87.0 Å². The van der Waals surface area contributed by atoms with Gasteiger partial charge in [0.15, 0.2) is 0 Å². The van der Waals surface area contributed by atoms with E-state index in [2.05, 4.69) is 113 Å². The van der Waals surface area contributed by atoms with E-state index in [1.807, 2.05) is 0 Å². The van der Waals surface area contributed by atoms with E-state index >= 15 is 0 Å². The van der Waals surface area contributed by atoms with Crippen LogP contribution >= 0.6 is 0 Å². The van der Waals surface area contributed by atoms with Crippen molar-refractivity contribution in [3.8, 4) is 0 Å². The average Bonchev–Trinajstić information content (AvgIpc) is 3.41. The molecule has 2 nitrogen and oxygen atoms in total. The molecule has 0 fully saturated rings. The van der Waals surface area contributed by atoms with Crippen LogP contribution in [0.4, 0.5) is 0 Å². The lowest BCUT2D eigenvalue weighted by Gasteiger charge is -2.11. The Morgan fingerprint density at radius 2 is 1.03 bits per heavy atom. The molecule has 0 aliphatic carbocycles. The van der Waals surface area contributed by atoms with Crippen molar-refractivity contribution in [2.24, 2.45) is 0 Å². The minimum Gasteiger partial charge on any atom is -0.354 e. The second kappa shape index (κ2) is 5.92. The van der Waals surface area contributed by atoms with Crippen molar-refractivity contribution in [2.75, 3.05) is 0 Å². The highest BCUT2D eigenvalue weighted by Gasteiger charge is 2.22. The van der Waals surface area contributed by atoms with Crippen molar-refractivity contribution in [1.82, 2.24) is 9.38 Å². The third-order valence-corrected chi connectivity index (χ3v) is 8.14. The standard InChI is InChI=1S/C33H20N2/c1-18-8-4-13-23-28(18)19-9-2-3-10-20(19)29-24-14-5-12-22-21-11-6-15-25-30(21)31-26(34-25)16-7-17-27(31)35(32(22)24)33(23)29/h2-17,34H,1H3. The van der Waals surface area contributed by atoms with Gasteiger partial charge in [0.2, 0.25) is 0 Å². The van der Waals surface area contributed by atoms with Crippen molar-refractivity contribution in [3.63, 3.8) is 0 Å². The van der Waals surface area contributed by atoms with E-state index in [1.54, 1.807) is 0 Å². The number of aromatic nitrogens is 2. The van der Waals surface area contributed by atoms with Gasteiger partial charge in [0.25, 0.3) is 0 Å². The smallest absolute Gasteiger partial charge is 0.0626 e. The highest BCUT2D eigenvalue weighted by atomic mass is 14.9. The fraction of sp³-hybridized carbons (Fsp3) is 0.0303. The number of benzene rings is 6. The Morgan fingerprint density at radius 1 is 0.457 bits per heavy atom. The molecule has 0 radical (unpaired) electrons. The molecule has 35 heavy (non-hydrogen) atoms. The lowest BCUT2D eigenvalue weighted by Crippen LogP contribution is -1.89. The van der Waals surface area contributed by atoms with Crippen molar-refractivity contribution < 1.29 is 0 Å². The van der Waals surface area contributed by atoms with Gasteiger partial charge in [-0.25, -0.2) is 0 Å². The lowest BCUT2D eigenvalue weighted by atomic mass is 9.94. The van der Waals surface area contributed by atoms with Crippen LogP contribution in [0, 0.1) is 6.92 Å². The normalized spacial score (nSPS) is 12.7. The monoisotopic (exact) mass is 444 g/mol. The molecule has 6 aromatic carbocycles. The van der Waals surface area contributed by atoms with Crippen LogP contribution < -0.4 is 0 Å². The van der Waals surface area contributed by atoms with E-state index in [4.69, 9.17) is 0 Å². The van der Waals surface area contributed by atoms with Gasteiger partial charge in [-0.05, 0) is 52.2 Å². The zero-order valence-corrected chi connectivity index (χ0v) is 19.2. The number of aromatic amines is 1. The van der Waals surface area contributed by atoms with Crippen LogP contribution in [0.25, 0.3) is 81.4 Å². The summed E-state index contributed by atoms with van der Waals surface area (Å²) in [4.78, 5) is 3.69. The van der Waals surface area contributed by atoms with Gasteiger partial charge in [-0.15, -0.1) is 0 Å². The summed E-state index contributed by atoms with van der Waals surface area (Å²) in [5.41, 5.74) is 7.57. The summed E-state index contributed by atoms with van der Waals surface area (Å²) in [6, 6.07) is 35.9. The number of nitrogens with zero attached hydrogens (tertiary/aromatic N) is 1. The van der Waals surface area contributed by atoms with Crippen LogP contribution in [0.1, 0.15) is 5.56 Å². The number of rotatable bonds is 0. The summed E-state index contributed by atoms with van der Waals surface area (Å²) in [7, 11) is 0. The Labute approximate surface area is 200 Å². The summed E-state index contributed by atoms with van der Waals surface area (Å²) in [6.45, 7) is 2.24. The molecule has 1 N–H and O–H groups in total. The predicted molar refractivity (Wildman–Crippen MR) is 150 cm³/mol. The molecule has 0 atom stereocenters. The van der Waals surface area contributed by atoms with E-state index in [0.717, 1.165) is 0 Å². The van der Waals surface area contributed by atoms with Crippen molar-refractivity contribution in [3.05, 3.63) is 103 Å². The number of hydrogen-bond donors (Lipinski definition) is 1. The maximum absolute atomic E-state index is 3.69. The van der Waals surface area contributed by atoms with Crippen LogP contribution in [-0.2, 0) is 0 Å². The molecule has 0 saturated carbocycles. The molecule has 0 saturated heterocycles. The molecular formula is C33H20N2. The predicted octanol–water partition coefficient (Wildman–Crippen LogP) is 9.09. The van der Waals surface area contributed by atoms with Gasteiger partial charge in [0.1, 0.15) is 0 Å². The minimum atomic E-state index is 1.19. The second-order valence-corrected chi connectivity index (χ2v) is 9.86. The summed E-state index contributed by atoms with van der Waals surface area (Å²) in [6.07, 6.45) is 0. The molecule has 3 heterocycles. The topological polar surface area (TPSA) is 20.2 Å². The van der Waals surface area contributed by atoms with Gasteiger partial charge in [0, 0.05) is 43.4 Å². The van der Waals surface area contributed by atoms with E-state index < -0.39 is 0 Å². The summed E-state index contributed by atoms with van der Waals surface area (Å²) >= 11 is 0. The number of H-pyrrole nitrogens is 1. The second-order valence-electron chi connectivity index (χ2n) is 9.86. The van der Waals surface area contributed by atoms with Gasteiger partial charge < -0.3 is 9.38 Å². The third-order valence-electron chi connectivity index (χ3n) is 8.14. The molecule has 3 aromatic heterocycles. The number of nitrogens with one attached hydrogen (secondary N) is 1. The zero-order chi connectivity index (χ0) is 22.8. The van der Waals surface area contributed by atoms with Crippen LogP contribution in [0.3, 0.4) is 0 Å². The quantitative estimate of drug-likeness (QED) is 0.225. The summed E-state index contributed by atoms with van der Waals surface area (Å²) in [5, 5.41) is 13.2. The minimum absolute atomic E-state index is 1.19. The number of para-hydroxylation sites is 1. The third kappa shape index (κ3) is 1.96. The molecule has 0 spiro atoms. The van der Waals surface area contributed by atoms with Gasteiger partial charge in [0.05, 0.1) is 16.6 Å². The molecule has 162 valence electrons. The first-order valence-electron chi connectivity index (χ1n) is 12.2. The molecule has 0 aliphatic heterocycles. The Bertz CT molecular complexity index is 2330. The SMILES string of the molecule is Cc1cccc2c1c1ccccc1c1c3cccc4c5cccc6[nH]c7cccc(c7c65)n(c43)c21. The Balaban J connectivity index is 1.81. The summed E-state index contributed by atoms with van der Waals surface area (Å²) in [5.74, 6) is 0. The average molecular weight is 445 g/mol. The molecule has 0 unspecified atom stereocenters. The molecule has 0 bridgehead atoms. The van der Waals surface area contributed by atoms with Gasteiger partial charge >= 0.3 is 0 Å². The number of aryl methyl sites for hydroxylation is 1. The van der Waals surface area contributed by atoms with E-state index in [9.17, 15) is 0 Å². The van der Waals surface area contributed by atoms with Crippen molar-refractivity contribution in [1.29, 1.82) is 0 Å². The van der Waals surface area contributed by atoms with Crippen molar-refractivity contribution in [2.45, 2.75) is 6.92 Å². The Hall–Kier alpha value is -4.56. The zero-order valence-electron chi connectivity index (χ0n) is 19.2. The Morgan fingerprint density at radius 3 is 1.89 bits per heavy atom. The van der Waals surface area contributed by atoms with Crippen LogP contribution in [0.15, 0.2) is 97.1 Å². The first-order valence-corrected chi connectivity index (χ1v) is 12.2. The molecule has 9 rings (SSSR count). The molecular weight excluding hydrogens is 424 g/mol. The first kappa shape index (κ1) is 17.9. The highest BCUT2D eigenvalue weighted by molar-refractivity contribution is 6.37. The van der Waals surface area contributed by atoms with Crippen LogP contribution in [0.2, 0.25) is 0 Å². The van der Waals surface area contributed by atoms with Gasteiger partial charge in [-0.3, -0.25) is 0 Å². The van der Waals surface area contributed by atoms with E-state index in [0.29, 0.717) is 0 Å². The molecule has 2 heteroatoms. The maximum atomic E-state index is 3.69. The van der Waals surface area contributed by atoms with E-state index in [-0.39, 0.29) is 0 Å². The molecule has 0 aliphatic rings. The molecule has 0 amide bonds. The first-order chi connectivity index (χ1) is 17.3. The number of fused-ring (bicyclic) bond motifs is 10. The number of hydrogen-bond acceptors (Lipinski definition) is 0. The maximum Gasteiger partial charge on any atom is 0.0626 e. The van der Waals surface area contributed by atoms with Gasteiger partial charge in [-0.1, -0.05) is 78.9 Å². The fourth-order valence-corrected chi connectivity index (χ4v) is 6.85. The highest BCUT2D eigenvalue weighted by Crippen LogP contribution is 2.46. The molecule has 9 aromatic rings. The van der Waals surface area contributed by atoms with Gasteiger partial charge in [-0.2, -0.15) is 0 Å². The summed E-state index contributed by atoms with van der Waals surface area (Å²) < 4.78 is 2.56. The Kier molecular flexibility index (Phi) is 3.02. The van der Waals surface area contributed by atoms with Crippen LogP contribution in [0.5, 0.6) is 0 Å². The fourth-order valence-electron chi connectivity index (χ4n) is 6.85. The van der Waals surface area contributed by atoms with Crippen molar-refractivity contribution >= 4 is 81.4 Å². The van der Waals surface area contributed by atoms with Crippen LogP contribution in [-0.4, -0.2) is 9.38 Å². The largest absolute Gasteiger partial charge is 0.354 e. The lowest BCUT2D eigenvalue weighted by molar-refractivity contribution is 1.37.